The maximum Gasteiger partial charge on any atom is 0.416 e. The number of hydrogen-bond donors (Lipinski definition) is 1. The maximum absolute atomic E-state index is 14.2. The molecule has 0 unspecified atom stereocenters. The number of hydrogen-bond acceptors (Lipinski definition) is 1. The second-order valence-corrected chi connectivity index (χ2v) is 15.7. The molecule has 2 nitrogen and oxygen atoms in total. The van der Waals surface area contributed by atoms with E-state index >= 15 is 0 Å². The Morgan fingerprint density at radius 3 is 0.722 bits per heavy atom. The molecule has 1 aromatic heterocycles. The average molecular weight is 1060 g/mol. The van der Waals surface area contributed by atoms with Crippen molar-refractivity contribution in [2.45, 2.75) is 62.6 Å². The van der Waals surface area contributed by atoms with Crippen LogP contribution in [0, 0.1) is 0 Å². The van der Waals surface area contributed by atoms with Gasteiger partial charge in [-0.2, -0.15) is 127 Å². The zero-order valence-electron chi connectivity index (χ0n) is 35.1. The molecule has 0 amide bonds. The lowest BCUT2D eigenvalue weighted by Crippen LogP contribution is -2.75. The topological polar surface area (TPSA) is 24.1 Å². The Bertz CT molecular complexity index is 2410. The summed E-state index contributed by atoms with van der Waals surface area (Å²) >= 11 is 0. The second-order valence-electron chi connectivity index (χ2n) is 15.7. The van der Waals surface area contributed by atoms with E-state index in [9.17, 15) is 105 Å². The Labute approximate surface area is 388 Å². The minimum absolute atomic E-state index is 0.103. The van der Waals surface area contributed by atoms with Gasteiger partial charge in [0, 0.05) is 17.7 Å². The first-order chi connectivity index (χ1) is 32.6. The summed E-state index contributed by atoms with van der Waals surface area (Å²) in [7, 11) is 0. The van der Waals surface area contributed by atoms with E-state index in [0.717, 1.165) is 12.1 Å². The van der Waals surface area contributed by atoms with Crippen LogP contribution in [0.25, 0.3) is 0 Å². The number of pyridine rings is 1. The summed E-state index contributed by atoms with van der Waals surface area (Å²) in [4.78, 5) is 0. The molecule has 1 heterocycles. The molecular weight excluding hydrogens is 1040 g/mol. The molecule has 0 saturated heterocycles. The van der Waals surface area contributed by atoms with E-state index in [1.807, 2.05) is 42.7 Å². The molecule has 0 aliphatic rings. The molecule has 0 aliphatic carbocycles. The van der Waals surface area contributed by atoms with Gasteiger partial charge in [0.05, 0.1) is 51.1 Å². The molecule has 0 radical (unpaired) electrons. The molecule has 0 aliphatic heterocycles. The molecular formula is C45H26BF24NO. The van der Waals surface area contributed by atoms with Crippen molar-refractivity contribution >= 4 is 28.0 Å². The molecule has 5 aromatic carbocycles. The number of aliphatic hydroxyl groups excluding tert-OH is 1. The van der Waals surface area contributed by atoms with Crippen molar-refractivity contribution in [1.82, 2.24) is 0 Å². The van der Waals surface area contributed by atoms with Crippen molar-refractivity contribution in [3.05, 3.63) is 183 Å². The van der Waals surface area contributed by atoms with Crippen LogP contribution in [-0.2, 0) is 62.6 Å². The summed E-state index contributed by atoms with van der Waals surface area (Å²) in [6.07, 6.45) is -50.8. The molecule has 388 valence electrons. The first kappa shape index (κ1) is 56.5. The van der Waals surface area contributed by atoms with Gasteiger partial charge in [0.1, 0.15) is 6.15 Å². The van der Waals surface area contributed by atoms with E-state index in [1.54, 1.807) is 0 Å². The SMILES string of the molecule is FC(F)(F)c1cc([B-](c2cc(C(F)(F)F)cc(C(F)(F)F)c2)(c2cc(C(F)(F)F)cc(C(F)(F)F)c2)c2cc(C(F)(F)F)cc(C(F)(F)F)c2)cc(C(F)(F)F)c1.OCc1cc[n+](Cc2ccccc2)cc1. The zero-order chi connectivity index (χ0) is 54.4. The lowest BCUT2D eigenvalue weighted by Gasteiger charge is -2.46. The summed E-state index contributed by atoms with van der Waals surface area (Å²) in [6.45, 7) is 0.971. The number of nitrogens with zero attached hydrogens (tertiary/aromatic N) is 1. The monoisotopic (exact) mass is 1060 g/mol. The van der Waals surface area contributed by atoms with Crippen molar-refractivity contribution in [2.24, 2.45) is 0 Å². The Kier molecular flexibility index (Phi) is 15.3. The van der Waals surface area contributed by atoms with E-state index < -0.39 is 195 Å². The van der Waals surface area contributed by atoms with Gasteiger partial charge in [-0.05, 0) is 29.8 Å². The zero-order valence-corrected chi connectivity index (χ0v) is 35.1. The molecule has 6 rings (SSSR count). The standard InChI is InChI=1S/C32H12BF24.C13H14NO/c34-25(35,36)13-1-14(26(37,38)39)6-21(5-13)33(22-7-15(27(40,41)42)2-16(8-22)28(43,44)45,23-9-17(29(46,47)48)3-18(10-23)30(49,50)51)24-11-19(31(52,53)54)4-20(12-24)32(55,56)57;15-11-13-6-8-14(9-7-13)10-12-4-2-1-3-5-12/h1-12H;1-9,15H,10-11H2/q-1;+1. The second kappa shape index (κ2) is 19.6. The molecule has 0 spiro atoms. The van der Waals surface area contributed by atoms with Gasteiger partial charge in [-0.1, -0.05) is 78.9 Å². The Morgan fingerprint density at radius 1 is 0.306 bits per heavy atom. The number of alkyl halides is 24. The van der Waals surface area contributed by atoms with E-state index in [2.05, 4.69) is 16.7 Å². The molecule has 0 atom stereocenters. The summed E-state index contributed by atoms with van der Waals surface area (Å²) in [6, 6.07) is 5.36. The molecule has 72 heavy (non-hydrogen) atoms. The molecule has 0 bridgehead atoms. The fourth-order valence-electron chi connectivity index (χ4n) is 7.56. The van der Waals surface area contributed by atoms with Gasteiger partial charge < -0.3 is 5.11 Å². The fourth-order valence-corrected chi connectivity index (χ4v) is 7.56. The number of aliphatic hydroxyl groups is 1. The minimum Gasteiger partial charge on any atom is -0.392 e. The lowest BCUT2D eigenvalue weighted by molar-refractivity contribution is -0.688. The predicted octanol–water partition coefficient (Wildman–Crippen LogP) is 12.7. The minimum atomic E-state index is -6.13. The van der Waals surface area contributed by atoms with E-state index in [0.29, 0.717) is 0 Å². The van der Waals surface area contributed by atoms with Crippen LogP contribution < -0.4 is 26.4 Å². The highest BCUT2D eigenvalue weighted by atomic mass is 19.4. The van der Waals surface area contributed by atoms with Gasteiger partial charge >= 0.3 is 49.4 Å². The van der Waals surface area contributed by atoms with Crippen molar-refractivity contribution < 1.29 is 115 Å². The van der Waals surface area contributed by atoms with Crippen molar-refractivity contribution in [3.8, 4) is 0 Å². The van der Waals surface area contributed by atoms with E-state index in [-0.39, 0.29) is 6.61 Å². The van der Waals surface area contributed by atoms with Crippen LogP contribution in [0.15, 0.2) is 128 Å². The van der Waals surface area contributed by atoms with Crippen LogP contribution >= 0.6 is 0 Å². The fraction of sp³-hybridized carbons (Fsp3) is 0.222. The quantitative estimate of drug-likeness (QED) is 0.0962. The van der Waals surface area contributed by atoms with Gasteiger partial charge in [-0.15, -0.1) is 0 Å². The average Bonchev–Trinajstić information content (AvgIpc) is 3.25. The summed E-state index contributed by atoms with van der Waals surface area (Å²) in [5, 5.41) is 8.91. The van der Waals surface area contributed by atoms with Crippen LogP contribution in [0.1, 0.15) is 55.6 Å². The van der Waals surface area contributed by atoms with Crippen molar-refractivity contribution in [3.63, 3.8) is 0 Å². The molecule has 6 aromatic rings. The Hall–Kier alpha value is -6.41. The van der Waals surface area contributed by atoms with Crippen LogP contribution in [-0.4, -0.2) is 11.3 Å². The predicted molar refractivity (Wildman–Crippen MR) is 208 cm³/mol. The van der Waals surface area contributed by atoms with Crippen molar-refractivity contribution in [1.29, 1.82) is 0 Å². The van der Waals surface area contributed by atoms with Gasteiger partial charge in [-0.25, -0.2) is 4.57 Å². The first-order valence-corrected chi connectivity index (χ1v) is 19.6. The number of rotatable bonds is 7. The van der Waals surface area contributed by atoms with E-state index in [4.69, 9.17) is 5.11 Å². The van der Waals surface area contributed by atoms with Crippen LogP contribution in [0.5, 0.6) is 0 Å². The normalized spacial score (nSPS) is 13.5. The third-order valence-electron chi connectivity index (χ3n) is 10.8. The van der Waals surface area contributed by atoms with Gasteiger partial charge in [0.2, 0.25) is 0 Å². The maximum atomic E-state index is 14.2. The van der Waals surface area contributed by atoms with Crippen LogP contribution in [0.3, 0.4) is 0 Å². The number of halogens is 24. The summed E-state index contributed by atoms with van der Waals surface area (Å²) in [5.74, 6) is 0. The Morgan fingerprint density at radius 2 is 0.528 bits per heavy atom. The molecule has 0 saturated carbocycles. The highest BCUT2D eigenvalue weighted by Crippen LogP contribution is 2.41. The largest absolute Gasteiger partial charge is 0.416 e. The lowest BCUT2D eigenvalue weighted by atomic mass is 9.12. The van der Waals surface area contributed by atoms with Crippen LogP contribution in [0.2, 0.25) is 0 Å². The van der Waals surface area contributed by atoms with Gasteiger partial charge in [-0.3, -0.25) is 0 Å². The third-order valence-corrected chi connectivity index (χ3v) is 10.8. The van der Waals surface area contributed by atoms with Gasteiger partial charge in [0.25, 0.3) is 0 Å². The summed E-state index contributed by atoms with van der Waals surface area (Å²) in [5.41, 5.74) is -28.0. The van der Waals surface area contributed by atoms with E-state index in [1.165, 1.54) is 5.56 Å². The van der Waals surface area contributed by atoms with Crippen LogP contribution in [0.4, 0.5) is 105 Å². The molecule has 27 heteroatoms. The Balaban J connectivity index is 0.000000542. The van der Waals surface area contributed by atoms with Gasteiger partial charge in [0.15, 0.2) is 18.9 Å². The molecule has 1 N–H and O–H groups in total. The highest BCUT2D eigenvalue weighted by molar-refractivity contribution is 7.20. The third kappa shape index (κ3) is 13.2. The smallest absolute Gasteiger partial charge is 0.392 e. The first-order valence-electron chi connectivity index (χ1n) is 19.6. The van der Waals surface area contributed by atoms with Crippen molar-refractivity contribution in [2.75, 3.05) is 0 Å². The summed E-state index contributed by atoms with van der Waals surface area (Å²) < 4.78 is 343. The highest BCUT2D eigenvalue weighted by Gasteiger charge is 2.47. The molecule has 0 fully saturated rings. The number of aromatic nitrogens is 1. The number of benzene rings is 5.